The Morgan fingerprint density at radius 1 is 1.29 bits per heavy atom. The quantitative estimate of drug-likeness (QED) is 0.868. The van der Waals surface area contributed by atoms with Gasteiger partial charge in [-0.25, -0.2) is 0 Å². The number of hydrogen-bond donors (Lipinski definition) is 1. The summed E-state index contributed by atoms with van der Waals surface area (Å²) in [6, 6.07) is 2.19. The van der Waals surface area contributed by atoms with Gasteiger partial charge in [0.2, 0.25) is 0 Å². The van der Waals surface area contributed by atoms with Crippen molar-refractivity contribution < 1.29 is 9.84 Å². The molecular weight excluding hydrogens is 280 g/mol. The summed E-state index contributed by atoms with van der Waals surface area (Å²) in [7, 11) is 1.70. The van der Waals surface area contributed by atoms with Crippen molar-refractivity contribution in [1.29, 1.82) is 0 Å². The van der Waals surface area contributed by atoms with Gasteiger partial charge in [-0.15, -0.1) is 0 Å². The minimum absolute atomic E-state index is 0.180. The molecule has 94 valence electrons. The van der Waals surface area contributed by atoms with Crippen LogP contribution in [0.2, 0.25) is 0 Å². The molecule has 0 saturated heterocycles. The van der Waals surface area contributed by atoms with Crippen molar-refractivity contribution >= 4 is 15.9 Å². The monoisotopic (exact) mass is 298 g/mol. The lowest BCUT2D eigenvalue weighted by Gasteiger charge is -2.17. The number of benzene rings is 1. The lowest BCUT2D eigenvalue weighted by atomic mass is 9.94. The highest BCUT2D eigenvalue weighted by atomic mass is 79.9. The van der Waals surface area contributed by atoms with E-state index in [4.69, 9.17) is 4.74 Å². The van der Waals surface area contributed by atoms with Gasteiger partial charge < -0.3 is 9.84 Å². The fourth-order valence-electron chi connectivity index (χ4n) is 2.71. The Morgan fingerprint density at radius 3 is 2.76 bits per heavy atom. The van der Waals surface area contributed by atoms with Crippen molar-refractivity contribution in [1.82, 2.24) is 0 Å². The van der Waals surface area contributed by atoms with Crippen molar-refractivity contribution in [2.24, 2.45) is 0 Å². The van der Waals surface area contributed by atoms with E-state index in [2.05, 4.69) is 22.0 Å². The van der Waals surface area contributed by atoms with Gasteiger partial charge >= 0.3 is 0 Å². The van der Waals surface area contributed by atoms with Gasteiger partial charge in [0.1, 0.15) is 5.75 Å². The molecule has 1 aliphatic carbocycles. The largest absolute Gasteiger partial charge is 0.495 e. The highest BCUT2D eigenvalue weighted by Gasteiger charge is 2.18. The Labute approximate surface area is 111 Å². The van der Waals surface area contributed by atoms with Crippen LogP contribution in [0.15, 0.2) is 10.5 Å². The maximum Gasteiger partial charge on any atom is 0.136 e. The highest BCUT2D eigenvalue weighted by Crippen LogP contribution is 2.37. The first kappa shape index (κ1) is 12.9. The lowest BCUT2D eigenvalue weighted by molar-refractivity contribution is 0.296. The fraction of sp³-hybridized carbons (Fsp3) is 0.571. The van der Waals surface area contributed by atoms with Gasteiger partial charge in [0, 0.05) is 12.2 Å². The van der Waals surface area contributed by atoms with Crippen LogP contribution in [0.3, 0.4) is 0 Å². The number of hydrogen-bond acceptors (Lipinski definition) is 2. The molecule has 0 spiro atoms. The Kier molecular flexibility index (Phi) is 4.46. The fourth-order valence-corrected chi connectivity index (χ4v) is 3.38. The second kappa shape index (κ2) is 5.87. The number of rotatable bonds is 3. The molecule has 0 fully saturated rings. The molecule has 1 aromatic rings. The van der Waals surface area contributed by atoms with Gasteiger partial charge in [-0.2, -0.15) is 0 Å². The smallest absolute Gasteiger partial charge is 0.136 e. The predicted octanol–water partition coefficient (Wildman–Crippen LogP) is 3.26. The van der Waals surface area contributed by atoms with E-state index in [1.54, 1.807) is 7.11 Å². The van der Waals surface area contributed by atoms with E-state index >= 15 is 0 Å². The van der Waals surface area contributed by atoms with Crippen LogP contribution in [-0.2, 0) is 19.3 Å². The van der Waals surface area contributed by atoms with Crippen LogP contribution in [0, 0.1) is 0 Å². The van der Waals surface area contributed by atoms with Crippen LogP contribution in [0.5, 0.6) is 5.75 Å². The third kappa shape index (κ3) is 2.66. The molecule has 2 rings (SSSR count). The first-order valence-electron chi connectivity index (χ1n) is 6.26. The molecule has 0 amide bonds. The second-order valence-corrected chi connectivity index (χ2v) is 5.40. The molecule has 1 aromatic carbocycles. The highest BCUT2D eigenvalue weighted by molar-refractivity contribution is 9.10. The van der Waals surface area contributed by atoms with E-state index in [-0.39, 0.29) is 6.61 Å². The van der Waals surface area contributed by atoms with E-state index in [0.717, 1.165) is 23.1 Å². The maximum absolute atomic E-state index is 9.23. The molecule has 0 unspecified atom stereocenters. The lowest BCUT2D eigenvalue weighted by Crippen LogP contribution is -2.05. The zero-order valence-electron chi connectivity index (χ0n) is 10.3. The van der Waals surface area contributed by atoms with Crippen molar-refractivity contribution in [3.8, 4) is 5.75 Å². The number of aliphatic hydroxyl groups excluding tert-OH is 1. The Bertz CT molecular complexity index is 402. The third-order valence-corrected chi connectivity index (χ3v) is 4.07. The summed E-state index contributed by atoms with van der Waals surface area (Å²) >= 11 is 3.58. The van der Waals surface area contributed by atoms with Crippen LogP contribution < -0.4 is 4.74 Å². The number of ether oxygens (including phenoxy) is 1. The second-order valence-electron chi connectivity index (χ2n) is 4.54. The topological polar surface area (TPSA) is 29.5 Å². The normalized spacial score (nSPS) is 15.2. The third-order valence-electron chi connectivity index (χ3n) is 3.48. The summed E-state index contributed by atoms with van der Waals surface area (Å²) in [5, 5.41) is 9.23. The Morgan fingerprint density at radius 2 is 2.06 bits per heavy atom. The molecule has 0 radical (unpaired) electrons. The summed E-state index contributed by atoms with van der Waals surface area (Å²) in [6.07, 6.45) is 6.77. The van der Waals surface area contributed by atoms with E-state index < -0.39 is 0 Å². The van der Waals surface area contributed by atoms with E-state index in [0.29, 0.717) is 6.42 Å². The summed E-state index contributed by atoms with van der Waals surface area (Å²) < 4.78 is 6.50. The molecule has 17 heavy (non-hydrogen) atoms. The zero-order chi connectivity index (χ0) is 12.3. The van der Waals surface area contributed by atoms with Gasteiger partial charge in [0.15, 0.2) is 0 Å². The van der Waals surface area contributed by atoms with Gasteiger partial charge in [-0.05, 0) is 65.2 Å². The molecule has 2 nitrogen and oxygen atoms in total. The minimum Gasteiger partial charge on any atom is -0.495 e. The zero-order valence-corrected chi connectivity index (χ0v) is 11.8. The van der Waals surface area contributed by atoms with Crippen LogP contribution in [-0.4, -0.2) is 18.8 Å². The molecule has 0 bridgehead atoms. The first-order chi connectivity index (χ1) is 8.27. The van der Waals surface area contributed by atoms with Crippen molar-refractivity contribution in [3.05, 3.63) is 27.2 Å². The standard InChI is InChI=1S/C14H19BrO2/c1-17-14-12(7-8-16)11-6-4-2-3-5-10(11)9-13(14)15/h9,16H,2-8H2,1H3. The van der Waals surface area contributed by atoms with Crippen molar-refractivity contribution in [3.63, 3.8) is 0 Å². The molecule has 0 aromatic heterocycles. The van der Waals surface area contributed by atoms with Gasteiger partial charge in [-0.3, -0.25) is 0 Å². The van der Waals surface area contributed by atoms with E-state index in [9.17, 15) is 5.11 Å². The van der Waals surface area contributed by atoms with Crippen LogP contribution >= 0.6 is 15.9 Å². The van der Waals surface area contributed by atoms with E-state index in [1.807, 2.05) is 0 Å². The number of aliphatic hydroxyl groups is 1. The predicted molar refractivity (Wildman–Crippen MR) is 72.7 cm³/mol. The summed E-state index contributed by atoms with van der Waals surface area (Å²) in [5.74, 6) is 0.903. The van der Waals surface area contributed by atoms with Crippen LogP contribution in [0.1, 0.15) is 36.0 Å². The summed E-state index contributed by atoms with van der Waals surface area (Å²) in [5.41, 5.74) is 4.04. The summed E-state index contributed by atoms with van der Waals surface area (Å²) in [6.45, 7) is 0.180. The number of methoxy groups -OCH3 is 1. The molecule has 3 heteroatoms. The molecule has 1 N–H and O–H groups in total. The van der Waals surface area contributed by atoms with Crippen molar-refractivity contribution in [2.75, 3.05) is 13.7 Å². The van der Waals surface area contributed by atoms with E-state index in [1.165, 1.54) is 36.0 Å². The van der Waals surface area contributed by atoms with Crippen molar-refractivity contribution in [2.45, 2.75) is 38.5 Å². The molecule has 0 atom stereocenters. The average Bonchev–Trinajstić information content (AvgIpc) is 2.54. The first-order valence-corrected chi connectivity index (χ1v) is 7.05. The van der Waals surface area contributed by atoms with Gasteiger partial charge in [-0.1, -0.05) is 6.42 Å². The molecular formula is C14H19BrO2. The average molecular weight is 299 g/mol. The van der Waals surface area contributed by atoms with Gasteiger partial charge in [0.25, 0.3) is 0 Å². The minimum atomic E-state index is 0.180. The van der Waals surface area contributed by atoms with Crippen LogP contribution in [0.4, 0.5) is 0 Å². The maximum atomic E-state index is 9.23. The summed E-state index contributed by atoms with van der Waals surface area (Å²) in [4.78, 5) is 0. The molecule has 1 aliphatic rings. The SMILES string of the molecule is COc1c(Br)cc2c(c1CCO)CCCCC2. The Balaban J connectivity index is 2.53. The number of fused-ring (bicyclic) bond motifs is 1. The molecule has 0 heterocycles. The molecule has 0 aliphatic heterocycles. The Hall–Kier alpha value is -0.540. The number of halogens is 1. The van der Waals surface area contributed by atoms with Gasteiger partial charge in [0.05, 0.1) is 11.6 Å². The van der Waals surface area contributed by atoms with Crippen LogP contribution in [0.25, 0.3) is 0 Å². The molecule has 0 saturated carbocycles. The number of aryl methyl sites for hydroxylation is 1.